The zero-order valence-electron chi connectivity index (χ0n) is 11.5. The molecular weight excluding hydrogens is 210 g/mol. The van der Waals surface area contributed by atoms with E-state index in [2.05, 4.69) is 50.4 Å². The Kier molecular flexibility index (Phi) is 4.33. The lowest BCUT2D eigenvalue weighted by Crippen LogP contribution is -2.25. The molecule has 17 heavy (non-hydrogen) atoms. The SMILES string of the molecule is CCC(=O)N[C@@H](C)c1ccc(C(C)(C)C)cc1. The van der Waals surface area contributed by atoms with E-state index in [1.165, 1.54) is 5.56 Å². The molecule has 0 heterocycles. The first-order valence-corrected chi connectivity index (χ1v) is 6.24. The second-order valence-corrected chi connectivity index (χ2v) is 5.51. The van der Waals surface area contributed by atoms with Gasteiger partial charge in [-0.05, 0) is 23.5 Å². The van der Waals surface area contributed by atoms with Gasteiger partial charge in [-0.15, -0.1) is 0 Å². The predicted octanol–water partition coefficient (Wildman–Crippen LogP) is 3.57. The first kappa shape index (κ1) is 13.8. The van der Waals surface area contributed by atoms with Crippen LogP contribution in [-0.2, 0) is 10.2 Å². The molecule has 1 atom stereocenters. The van der Waals surface area contributed by atoms with E-state index in [4.69, 9.17) is 0 Å². The number of nitrogens with one attached hydrogen (secondary N) is 1. The molecule has 0 aromatic heterocycles. The summed E-state index contributed by atoms with van der Waals surface area (Å²) in [6, 6.07) is 8.56. The van der Waals surface area contributed by atoms with Crippen molar-refractivity contribution in [2.45, 2.75) is 52.5 Å². The second-order valence-electron chi connectivity index (χ2n) is 5.51. The van der Waals surface area contributed by atoms with Gasteiger partial charge in [-0.2, -0.15) is 0 Å². The Morgan fingerprint density at radius 2 is 1.76 bits per heavy atom. The van der Waals surface area contributed by atoms with Crippen LogP contribution >= 0.6 is 0 Å². The Hall–Kier alpha value is -1.31. The Bertz CT molecular complexity index is 373. The van der Waals surface area contributed by atoms with E-state index >= 15 is 0 Å². The van der Waals surface area contributed by atoms with Crippen LogP contribution < -0.4 is 5.32 Å². The summed E-state index contributed by atoms with van der Waals surface area (Å²) in [5, 5.41) is 2.97. The van der Waals surface area contributed by atoms with Gasteiger partial charge in [0.05, 0.1) is 6.04 Å². The van der Waals surface area contributed by atoms with Crippen LogP contribution in [0.5, 0.6) is 0 Å². The Labute approximate surface area is 104 Å². The van der Waals surface area contributed by atoms with Crippen molar-refractivity contribution in [3.8, 4) is 0 Å². The van der Waals surface area contributed by atoms with Crippen molar-refractivity contribution >= 4 is 5.91 Å². The van der Waals surface area contributed by atoms with Crippen LogP contribution in [0.2, 0.25) is 0 Å². The van der Waals surface area contributed by atoms with Gasteiger partial charge in [-0.1, -0.05) is 52.0 Å². The van der Waals surface area contributed by atoms with Crippen molar-refractivity contribution < 1.29 is 4.79 Å². The number of hydrogen-bond acceptors (Lipinski definition) is 1. The molecule has 1 aromatic carbocycles. The average Bonchev–Trinajstić information content (AvgIpc) is 2.27. The van der Waals surface area contributed by atoms with Crippen LogP contribution in [0.25, 0.3) is 0 Å². The van der Waals surface area contributed by atoms with Gasteiger partial charge in [0.15, 0.2) is 0 Å². The molecule has 0 aliphatic carbocycles. The molecule has 1 rings (SSSR count). The first-order valence-electron chi connectivity index (χ1n) is 6.24. The molecule has 0 bridgehead atoms. The molecule has 0 radical (unpaired) electrons. The van der Waals surface area contributed by atoms with E-state index in [-0.39, 0.29) is 17.4 Å². The van der Waals surface area contributed by atoms with Crippen molar-refractivity contribution in [1.29, 1.82) is 0 Å². The molecule has 0 aliphatic heterocycles. The van der Waals surface area contributed by atoms with Gasteiger partial charge in [0.1, 0.15) is 0 Å². The number of carbonyl (C=O) groups excluding carboxylic acids is 1. The summed E-state index contributed by atoms with van der Waals surface area (Å²) in [5.41, 5.74) is 2.64. The van der Waals surface area contributed by atoms with Gasteiger partial charge >= 0.3 is 0 Å². The summed E-state index contributed by atoms with van der Waals surface area (Å²) in [6.45, 7) is 10.5. The lowest BCUT2D eigenvalue weighted by atomic mass is 9.86. The van der Waals surface area contributed by atoms with Gasteiger partial charge < -0.3 is 5.32 Å². The monoisotopic (exact) mass is 233 g/mol. The van der Waals surface area contributed by atoms with E-state index < -0.39 is 0 Å². The highest BCUT2D eigenvalue weighted by Gasteiger charge is 2.14. The highest BCUT2D eigenvalue weighted by atomic mass is 16.1. The molecule has 0 saturated heterocycles. The van der Waals surface area contributed by atoms with Crippen LogP contribution in [0, 0.1) is 0 Å². The summed E-state index contributed by atoms with van der Waals surface area (Å²) in [6.07, 6.45) is 0.532. The molecule has 1 aromatic rings. The maximum absolute atomic E-state index is 11.3. The second kappa shape index (κ2) is 5.35. The van der Waals surface area contributed by atoms with Gasteiger partial charge in [0.2, 0.25) is 5.91 Å². The molecule has 0 unspecified atom stereocenters. The number of carbonyl (C=O) groups is 1. The summed E-state index contributed by atoms with van der Waals surface area (Å²) in [4.78, 5) is 11.3. The van der Waals surface area contributed by atoms with Gasteiger partial charge in [0, 0.05) is 6.42 Å². The van der Waals surface area contributed by atoms with Crippen LogP contribution in [0.3, 0.4) is 0 Å². The van der Waals surface area contributed by atoms with Gasteiger partial charge in [-0.25, -0.2) is 0 Å². The standard InChI is InChI=1S/C15H23NO/c1-6-14(17)16-11(2)12-7-9-13(10-8-12)15(3,4)5/h7-11H,6H2,1-5H3,(H,16,17)/t11-/m0/s1. The molecule has 0 aliphatic rings. The third-order valence-electron chi connectivity index (χ3n) is 2.98. The number of hydrogen-bond donors (Lipinski definition) is 1. The minimum atomic E-state index is 0.0801. The summed E-state index contributed by atoms with van der Waals surface area (Å²) in [7, 11) is 0. The molecule has 0 saturated carbocycles. The van der Waals surface area contributed by atoms with E-state index in [0.717, 1.165) is 5.56 Å². The minimum absolute atomic E-state index is 0.0801. The fourth-order valence-electron chi connectivity index (χ4n) is 1.70. The Morgan fingerprint density at radius 1 is 1.24 bits per heavy atom. The molecule has 1 amide bonds. The molecule has 0 spiro atoms. The highest BCUT2D eigenvalue weighted by molar-refractivity contribution is 5.75. The molecule has 0 fully saturated rings. The summed E-state index contributed by atoms with van der Waals surface area (Å²) >= 11 is 0. The van der Waals surface area contributed by atoms with Crippen LogP contribution in [-0.4, -0.2) is 5.91 Å². The Balaban J connectivity index is 2.77. The molecular formula is C15H23NO. The van der Waals surface area contributed by atoms with E-state index in [9.17, 15) is 4.79 Å². The van der Waals surface area contributed by atoms with E-state index in [1.54, 1.807) is 0 Å². The van der Waals surface area contributed by atoms with Gasteiger partial charge in [-0.3, -0.25) is 4.79 Å². The largest absolute Gasteiger partial charge is 0.350 e. The smallest absolute Gasteiger partial charge is 0.220 e. The maximum atomic E-state index is 11.3. The third-order valence-corrected chi connectivity index (χ3v) is 2.98. The molecule has 94 valence electrons. The van der Waals surface area contributed by atoms with Crippen molar-refractivity contribution in [1.82, 2.24) is 5.32 Å². The normalized spacial score (nSPS) is 13.2. The fraction of sp³-hybridized carbons (Fsp3) is 0.533. The number of rotatable bonds is 3. The lowest BCUT2D eigenvalue weighted by molar-refractivity contribution is -0.121. The highest BCUT2D eigenvalue weighted by Crippen LogP contribution is 2.23. The quantitative estimate of drug-likeness (QED) is 0.849. The first-order chi connectivity index (χ1) is 7.84. The van der Waals surface area contributed by atoms with Crippen molar-refractivity contribution in [2.75, 3.05) is 0 Å². The van der Waals surface area contributed by atoms with Crippen molar-refractivity contribution in [2.24, 2.45) is 0 Å². The van der Waals surface area contributed by atoms with Crippen LogP contribution in [0.1, 0.15) is 58.2 Å². The molecule has 2 nitrogen and oxygen atoms in total. The zero-order valence-corrected chi connectivity index (χ0v) is 11.5. The molecule has 2 heteroatoms. The topological polar surface area (TPSA) is 29.1 Å². The Morgan fingerprint density at radius 3 is 2.18 bits per heavy atom. The number of amides is 1. The summed E-state index contributed by atoms with van der Waals surface area (Å²) < 4.78 is 0. The van der Waals surface area contributed by atoms with Crippen LogP contribution in [0.4, 0.5) is 0 Å². The van der Waals surface area contributed by atoms with E-state index in [0.29, 0.717) is 6.42 Å². The van der Waals surface area contributed by atoms with Crippen LogP contribution in [0.15, 0.2) is 24.3 Å². The fourth-order valence-corrected chi connectivity index (χ4v) is 1.70. The lowest BCUT2D eigenvalue weighted by Gasteiger charge is -2.20. The van der Waals surface area contributed by atoms with Gasteiger partial charge in [0.25, 0.3) is 0 Å². The van der Waals surface area contributed by atoms with Crippen molar-refractivity contribution in [3.63, 3.8) is 0 Å². The van der Waals surface area contributed by atoms with E-state index in [1.807, 2.05) is 13.8 Å². The maximum Gasteiger partial charge on any atom is 0.220 e. The third kappa shape index (κ3) is 3.88. The average molecular weight is 233 g/mol. The number of benzene rings is 1. The minimum Gasteiger partial charge on any atom is -0.350 e. The predicted molar refractivity (Wildman–Crippen MR) is 72.0 cm³/mol. The molecule has 1 N–H and O–H groups in total. The van der Waals surface area contributed by atoms with Crippen molar-refractivity contribution in [3.05, 3.63) is 35.4 Å². The zero-order chi connectivity index (χ0) is 13.1. The summed E-state index contributed by atoms with van der Waals surface area (Å²) in [5.74, 6) is 0.0948.